The van der Waals surface area contributed by atoms with Gasteiger partial charge < -0.3 is 16.2 Å². The van der Waals surface area contributed by atoms with Crippen LogP contribution in [0.3, 0.4) is 0 Å². The van der Waals surface area contributed by atoms with Gasteiger partial charge in [-0.1, -0.05) is 23.2 Å². The molecule has 1 unspecified atom stereocenters. The van der Waals surface area contributed by atoms with E-state index >= 15 is 0 Å². The Morgan fingerprint density at radius 2 is 1.76 bits per heavy atom. The summed E-state index contributed by atoms with van der Waals surface area (Å²) in [5.41, 5.74) is 6.53. The van der Waals surface area contributed by atoms with Crippen molar-refractivity contribution in [2.45, 2.75) is 32.4 Å². The molecule has 1 atom stereocenters. The van der Waals surface area contributed by atoms with E-state index in [1.54, 1.807) is 12.1 Å². The van der Waals surface area contributed by atoms with Crippen LogP contribution < -0.4 is 11.1 Å². The van der Waals surface area contributed by atoms with Crippen LogP contribution in [0.15, 0.2) is 12.1 Å². The monoisotopic (exact) mass is 276 g/mol. The number of halogens is 2. The van der Waals surface area contributed by atoms with Crippen molar-refractivity contribution in [3.05, 3.63) is 27.7 Å². The van der Waals surface area contributed by atoms with E-state index in [9.17, 15) is 5.11 Å². The fourth-order valence-corrected chi connectivity index (χ4v) is 2.18. The van der Waals surface area contributed by atoms with Gasteiger partial charge in [-0.15, -0.1) is 0 Å². The Balaban J connectivity index is 2.86. The first-order chi connectivity index (χ1) is 7.70. The summed E-state index contributed by atoms with van der Waals surface area (Å²) in [6, 6.07) is 3.17. The Labute approximate surface area is 112 Å². The number of aliphatic hydroxyl groups is 1. The largest absolute Gasteiger partial charge is 0.399 e. The zero-order valence-corrected chi connectivity index (χ0v) is 11.7. The van der Waals surface area contributed by atoms with E-state index in [2.05, 4.69) is 5.32 Å². The molecule has 17 heavy (non-hydrogen) atoms. The summed E-state index contributed by atoms with van der Waals surface area (Å²) < 4.78 is 0. The normalized spacial score (nSPS) is 13.8. The fraction of sp³-hybridized carbons (Fsp3) is 0.500. The lowest BCUT2D eigenvalue weighted by molar-refractivity contribution is 0.163. The number of rotatable bonds is 3. The lowest BCUT2D eigenvalue weighted by atomic mass is 10.1. The minimum Gasteiger partial charge on any atom is -0.399 e. The minimum atomic E-state index is -0.755. The molecular weight excluding hydrogens is 259 g/mol. The number of benzene rings is 1. The van der Waals surface area contributed by atoms with E-state index in [0.717, 1.165) is 0 Å². The second-order valence-electron chi connectivity index (χ2n) is 5.04. The number of hydrogen-bond acceptors (Lipinski definition) is 3. The van der Waals surface area contributed by atoms with E-state index in [0.29, 0.717) is 27.8 Å². The highest BCUT2D eigenvalue weighted by atomic mass is 35.5. The molecule has 5 heteroatoms. The molecule has 0 aromatic heterocycles. The maximum Gasteiger partial charge on any atom is 0.0943 e. The highest BCUT2D eigenvalue weighted by molar-refractivity contribution is 6.36. The molecular formula is C12H18Cl2N2O. The maximum absolute atomic E-state index is 10.1. The van der Waals surface area contributed by atoms with Gasteiger partial charge in [0, 0.05) is 33.4 Å². The topological polar surface area (TPSA) is 58.3 Å². The quantitative estimate of drug-likeness (QED) is 0.744. The molecule has 0 spiro atoms. The summed E-state index contributed by atoms with van der Waals surface area (Å²) in [7, 11) is 0. The lowest BCUT2D eigenvalue weighted by Gasteiger charge is -2.24. The fourth-order valence-electron chi connectivity index (χ4n) is 1.43. The van der Waals surface area contributed by atoms with Gasteiger partial charge in [0.2, 0.25) is 0 Å². The van der Waals surface area contributed by atoms with Crippen LogP contribution in [0.4, 0.5) is 5.69 Å². The molecule has 0 aliphatic rings. The molecule has 0 fully saturated rings. The van der Waals surface area contributed by atoms with Gasteiger partial charge in [0.05, 0.1) is 6.10 Å². The van der Waals surface area contributed by atoms with Crippen LogP contribution in [0.2, 0.25) is 10.0 Å². The Morgan fingerprint density at radius 3 is 2.18 bits per heavy atom. The highest BCUT2D eigenvalue weighted by Crippen LogP contribution is 2.32. The van der Waals surface area contributed by atoms with Crippen molar-refractivity contribution in [3.8, 4) is 0 Å². The molecule has 0 saturated heterocycles. The standard InChI is InChI=1S/C12H18Cl2N2O/c1-12(2,3)16-6-10(17)11-8(13)4-7(15)5-9(11)14/h4-5,10,16-17H,6,15H2,1-3H3. The van der Waals surface area contributed by atoms with E-state index < -0.39 is 6.10 Å². The van der Waals surface area contributed by atoms with Crippen molar-refractivity contribution in [2.24, 2.45) is 0 Å². The van der Waals surface area contributed by atoms with E-state index in [1.165, 1.54) is 0 Å². The zero-order valence-electron chi connectivity index (χ0n) is 10.2. The van der Waals surface area contributed by atoms with Crippen LogP contribution in [0, 0.1) is 0 Å². The molecule has 0 amide bonds. The summed E-state index contributed by atoms with van der Waals surface area (Å²) in [4.78, 5) is 0. The van der Waals surface area contributed by atoms with Crippen molar-refractivity contribution in [1.29, 1.82) is 0 Å². The maximum atomic E-state index is 10.1. The molecule has 1 rings (SSSR count). The van der Waals surface area contributed by atoms with E-state index in [-0.39, 0.29) is 5.54 Å². The molecule has 0 heterocycles. The SMILES string of the molecule is CC(C)(C)NCC(O)c1c(Cl)cc(N)cc1Cl. The summed E-state index contributed by atoms with van der Waals surface area (Å²) in [6.07, 6.45) is -0.755. The van der Waals surface area contributed by atoms with Crippen LogP contribution in [0.5, 0.6) is 0 Å². The summed E-state index contributed by atoms with van der Waals surface area (Å²) in [5, 5.41) is 14.0. The van der Waals surface area contributed by atoms with E-state index in [1.807, 2.05) is 20.8 Å². The highest BCUT2D eigenvalue weighted by Gasteiger charge is 2.18. The first kappa shape index (κ1) is 14.6. The van der Waals surface area contributed by atoms with Gasteiger partial charge in [-0.2, -0.15) is 0 Å². The van der Waals surface area contributed by atoms with Crippen molar-refractivity contribution in [2.75, 3.05) is 12.3 Å². The van der Waals surface area contributed by atoms with Crippen LogP contribution in [-0.2, 0) is 0 Å². The van der Waals surface area contributed by atoms with Crippen molar-refractivity contribution < 1.29 is 5.11 Å². The lowest BCUT2D eigenvalue weighted by Crippen LogP contribution is -2.38. The van der Waals surface area contributed by atoms with E-state index in [4.69, 9.17) is 28.9 Å². The van der Waals surface area contributed by atoms with Gasteiger partial charge in [0.15, 0.2) is 0 Å². The van der Waals surface area contributed by atoms with Gasteiger partial charge in [0.1, 0.15) is 0 Å². The molecule has 0 radical (unpaired) electrons. The molecule has 0 aliphatic carbocycles. The number of nitrogens with two attached hydrogens (primary N) is 1. The number of β-amino-alcohol motifs (C(OH)–C–C–N with tert-alkyl or cyclic N) is 1. The third kappa shape index (κ3) is 4.36. The van der Waals surface area contributed by atoms with Crippen LogP contribution >= 0.6 is 23.2 Å². The van der Waals surface area contributed by atoms with Crippen molar-refractivity contribution in [3.63, 3.8) is 0 Å². The van der Waals surface area contributed by atoms with Crippen LogP contribution in [0.1, 0.15) is 32.4 Å². The smallest absolute Gasteiger partial charge is 0.0943 e. The van der Waals surface area contributed by atoms with Crippen LogP contribution in [0.25, 0.3) is 0 Å². The first-order valence-electron chi connectivity index (χ1n) is 5.38. The molecule has 96 valence electrons. The van der Waals surface area contributed by atoms with Gasteiger partial charge in [-0.05, 0) is 32.9 Å². The Bertz CT molecular complexity index is 379. The second-order valence-corrected chi connectivity index (χ2v) is 5.86. The average Bonchev–Trinajstić information content (AvgIpc) is 2.11. The average molecular weight is 277 g/mol. The number of nitrogens with one attached hydrogen (secondary N) is 1. The number of anilines is 1. The molecule has 4 N–H and O–H groups in total. The van der Waals surface area contributed by atoms with Gasteiger partial charge >= 0.3 is 0 Å². The summed E-state index contributed by atoms with van der Waals surface area (Å²) in [6.45, 7) is 6.44. The molecule has 1 aromatic rings. The van der Waals surface area contributed by atoms with Gasteiger partial charge in [-0.25, -0.2) is 0 Å². The molecule has 0 saturated carbocycles. The van der Waals surface area contributed by atoms with Crippen molar-refractivity contribution in [1.82, 2.24) is 5.32 Å². The third-order valence-electron chi connectivity index (χ3n) is 2.26. The Morgan fingerprint density at radius 1 is 1.29 bits per heavy atom. The first-order valence-corrected chi connectivity index (χ1v) is 6.14. The molecule has 0 bridgehead atoms. The van der Waals surface area contributed by atoms with Crippen molar-refractivity contribution >= 4 is 28.9 Å². The number of hydrogen-bond donors (Lipinski definition) is 3. The molecule has 1 aromatic carbocycles. The van der Waals surface area contributed by atoms with Gasteiger partial charge in [0.25, 0.3) is 0 Å². The van der Waals surface area contributed by atoms with Gasteiger partial charge in [-0.3, -0.25) is 0 Å². The summed E-state index contributed by atoms with van der Waals surface area (Å²) in [5.74, 6) is 0. The Kier molecular flexibility index (Phi) is 4.67. The minimum absolute atomic E-state index is 0.0757. The third-order valence-corrected chi connectivity index (χ3v) is 2.89. The number of nitrogen functional groups attached to an aromatic ring is 1. The predicted molar refractivity (Wildman–Crippen MR) is 73.6 cm³/mol. The molecule has 0 aliphatic heterocycles. The second kappa shape index (κ2) is 5.44. The Hall–Kier alpha value is -0.480. The zero-order chi connectivity index (χ0) is 13.2. The molecule has 3 nitrogen and oxygen atoms in total. The van der Waals surface area contributed by atoms with Crippen LogP contribution in [-0.4, -0.2) is 17.2 Å². The summed E-state index contributed by atoms with van der Waals surface area (Å²) >= 11 is 12.1. The predicted octanol–water partition coefficient (Wildman–Crippen LogP) is 3.00. The number of aliphatic hydroxyl groups excluding tert-OH is 1.